The molecule has 2 aliphatic rings. The second kappa shape index (κ2) is 3.56. The molecular formula is C10H20N2O. The van der Waals surface area contributed by atoms with Crippen LogP contribution in [-0.2, 0) is 0 Å². The van der Waals surface area contributed by atoms with E-state index in [1.807, 2.05) is 0 Å². The summed E-state index contributed by atoms with van der Waals surface area (Å²) in [4.78, 5) is 2.36. The van der Waals surface area contributed by atoms with E-state index >= 15 is 0 Å². The van der Waals surface area contributed by atoms with Gasteiger partial charge >= 0.3 is 0 Å². The van der Waals surface area contributed by atoms with Crippen LogP contribution < -0.4 is 5.32 Å². The van der Waals surface area contributed by atoms with E-state index in [1.165, 1.54) is 12.8 Å². The molecule has 2 unspecified atom stereocenters. The number of likely N-dealkylation sites (tertiary alicyclic amines) is 1. The Morgan fingerprint density at radius 1 is 1.54 bits per heavy atom. The Labute approximate surface area is 80.1 Å². The van der Waals surface area contributed by atoms with Crippen molar-refractivity contribution in [3.8, 4) is 0 Å². The van der Waals surface area contributed by atoms with Gasteiger partial charge in [0.15, 0.2) is 0 Å². The zero-order valence-electron chi connectivity index (χ0n) is 8.42. The molecular weight excluding hydrogens is 164 g/mol. The molecule has 0 bridgehead atoms. The number of piperidine rings is 2. The fraction of sp³-hybridized carbons (Fsp3) is 1.00. The van der Waals surface area contributed by atoms with Gasteiger partial charge in [0, 0.05) is 18.0 Å². The molecule has 0 aliphatic carbocycles. The van der Waals surface area contributed by atoms with Crippen molar-refractivity contribution in [2.24, 2.45) is 5.41 Å². The van der Waals surface area contributed by atoms with E-state index in [9.17, 15) is 5.11 Å². The van der Waals surface area contributed by atoms with Crippen LogP contribution in [0.2, 0.25) is 0 Å². The zero-order chi connectivity index (χ0) is 9.31. The van der Waals surface area contributed by atoms with Crippen LogP contribution in [0.1, 0.15) is 19.3 Å². The highest BCUT2D eigenvalue weighted by Crippen LogP contribution is 2.37. The average molecular weight is 184 g/mol. The normalized spacial score (nSPS) is 41.5. The topological polar surface area (TPSA) is 35.5 Å². The van der Waals surface area contributed by atoms with Gasteiger partial charge in [-0.2, -0.15) is 0 Å². The van der Waals surface area contributed by atoms with Crippen molar-refractivity contribution in [3.63, 3.8) is 0 Å². The maximum absolute atomic E-state index is 9.50. The molecule has 13 heavy (non-hydrogen) atoms. The first-order valence-electron chi connectivity index (χ1n) is 5.30. The van der Waals surface area contributed by atoms with E-state index < -0.39 is 0 Å². The van der Waals surface area contributed by atoms with Gasteiger partial charge in [-0.05, 0) is 39.4 Å². The van der Waals surface area contributed by atoms with Crippen molar-refractivity contribution < 1.29 is 5.11 Å². The second-order valence-corrected chi connectivity index (χ2v) is 4.64. The Morgan fingerprint density at radius 3 is 3.15 bits per heavy atom. The molecule has 2 saturated heterocycles. The van der Waals surface area contributed by atoms with Crippen molar-refractivity contribution in [1.29, 1.82) is 0 Å². The molecule has 0 saturated carbocycles. The number of hydrogen-bond acceptors (Lipinski definition) is 3. The Bertz CT molecular complexity index is 186. The van der Waals surface area contributed by atoms with Gasteiger partial charge in [0.1, 0.15) is 0 Å². The van der Waals surface area contributed by atoms with Crippen molar-refractivity contribution >= 4 is 0 Å². The number of hydrogen-bond donors (Lipinski definition) is 2. The van der Waals surface area contributed by atoms with Gasteiger partial charge in [0.25, 0.3) is 0 Å². The third-order valence-corrected chi connectivity index (χ3v) is 3.78. The number of nitrogens with zero attached hydrogens (tertiary/aromatic N) is 1. The molecule has 2 rings (SSSR count). The largest absolute Gasteiger partial charge is 0.396 e. The molecule has 2 aliphatic heterocycles. The van der Waals surface area contributed by atoms with Gasteiger partial charge in [-0.25, -0.2) is 0 Å². The van der Waals surface area contributed by atoms with Gasteiger partial charge in [0.05, 0.1) is 6.61 Å². The Hall–Kier alpha value is -0.120. The molecule has 3 heteroatoms. The molecule has 0 spiro atoms. The third-order valence-electron chi connectivity index (χ3n) is 3.78. The van der Waals surface area contributed by atoms with Crippen LogP contribution in [0.4, 0.5) is 0 Å². The van der Waals surface area contributed by atoms with Gasteiger partial charge in [-0.1, -0.05) is 0 Å². The molecule has 76 valence electrons. The lowest BCUT2D eigenvalue weighted by molar-refractivity contribution is -0.00574. The van der Waals surface area contributed by atoms with E-state index in [2.05, 4.69) is 17.3 Å². The van der Waals surface area contributed by atoms with E-state index in [0.717, 1.165) is 26.1 Å². The first-order chi connectivity index (χ1) is 6.27. The van der Waals surface area contributed by atoms with Crippen molar-refractivity contribution in [1.82, 2.24) is 10.2 Å². The summed E-state index contributed by atoms with van der Waals surface area (Å²) in [5.74, 6) is 0. The van der Waals surface area contributed by atoms with Gasteiger partial charge < -0.3 is 15.3 Å². The van der Waals surface area contributed by atoms with Crippen LogP contribution in [0, 0.1) is 5.41 Å². The number of nitrogens with one attached hydrogen (secondary N) is 1. The summed E-state index contributed by atoms with van der Waals surface area (Å²) < 4.78 is 0. The standard InChI is InChI=1S/C10H20N2O/c1-12-6-4-10(8-13)3-2-5-11-9(10)7-12/h9,11,13H,2-8H2,1H3. The number of aliphatic hydroxyl groups excluding tert-OH is 1. The lowest BCUT2D eigenvalue weighted by Gasteiger charge is -2.49. The van der Waals surface area contributed by atoms with E-state index in [1.54, 1.807) is 0 Å². The summed E-state index contributed by atoms with van der Waals surface area (Å²) >= 11 is 0. The molecule has 2 fully saturated rings. The molecule has 0 radical (unpaired) electrons. The minimum atomic E-state index is 0.199. The van der Waals surface area contributed by atoms with Crippen LogP contribution in [0.15, 0.2) is 0 Å². The average Bonchev–Trinajstić information content (AvgIpc) is 2.18. The molecule has 0 amide bonds. The Balaban J connectivity index is 2.10. The maximum Gasteiger partial charge on any atom is 0.0503 e. The predicted octanol–water partition coefficient (Wildman–Crippen LogP) is 0.0526. The van der Waals surface area contributed by atoms with Crippen LogP contribution in [0.3, 0.4) is 0 Å². The summed E-state index contributed by atoms with van der Waals surface area (Å²) in [5.41, 5.74) is 0.199. The maximum atomic E-state index is 9.50. The molecule has 3 nitrogen and oxygen atoms in total. The summed E-state index contributed by atoms with van der Waals surface area (Å²) in [6.07, 6.45) is 3.58. The summed E-state index contributed by atoms with van der Waals surface area (Å²) in [6, 6.07) is 0.519. The highest BCUT2D eigenvalue weighted by Gasteiger charge is 2.42. The number of likely N-dealkylation sites (N-methyl/N-ethyl adjacent to an activating group) is 1. The highest BCUT2D eigenvalue weighted by atomic mass is 16.3. The molecule has 2 N–H and O–H groups in total. The van der Waals surface area contributed by atoms with Crippen molar-refractivity contribution in [3.05, 3.63) is 0 Å². The Kier molecular flexibility index (Phi) is 2.58. The minimum absolute atomic E-state index is 0.199. The fourth-order valence-electron chi connectivity index (χ4n) is 2.75. The van der Waals surface area contributed by atoms with Crippen LogP contribution in [-0.4, -0.2) is 49.3 Å². The first kappa shape index (κ1) is 9.44. The van der Waals surface area contributed by atoms with Crippen LogP contribution in [0.25, 0.3) is 0 Å². The zero-order valence-corrected chi connectivity index (χ0v) is 8.42. The number of rotatable bonds is 1. The SMILES string of the molecule is CN1CCC2(CO)CCCNC2C1. The summed E-state index contributed by atoms with van der Waals surface area (Å²) in [7, 11) is 2.16. The predicted molar refractivity (Wildman–Crippen MR) is 52.7 cm³/mol. The molecule has 0 aromatic rings. The van der Waals surface area contributed by atoms with Crippen molar-refractivity contribution in [2.45, 2.75) is 25.3 Å². The van der Waals surface area contributed by atoms with Crippen LogP contribution in [0.5, 0.6) is 0 Å². The lowest BCUT2D eigenvalue weighted by atomic mass is 9.70. The van der Waals surface area contributed by atoms with E-state index in [4.69, 9.17) is 0 Å². The molecule has 2 heterocycles. The Morgan fingerprint density at radius 2 is 2.38 bits per heavy atom. The van der Waals surface area contributed by atoms with Gasteiger partial charge in [-0.3, -0.25) is 0 Å². The van der Waals surface area contributed by atoms with Crippen molar-refractivity contribution in [2.75, 3.05) is 33.3 Å². The van der Waals surface area contributed by atoms with Gasteiger partial charge in [-0.15, -0.1) is 0 Å². The smallest absolute Gasteiger partial charge is 0.0503 e. The summed E-state index contributed by atoms with van der Waals surface area (Å²) in [5, 5.41) is 13.0. The fourth-order valence-corrected chi connectivity index (χ4v) is 2.75. The lowest BCUT2D eigenvalue weighted by Crippen LogP contribution is -2.60. The summed E-state index contributed by atoms with van der Waals surface area (Å²) in [6.45, 7) is 3.72. The molecule has 0 aromatic heterocycles. The van der Waals surface area contributed by atoms with E-state index in [-0.39, 0.29) is 5.41 Å². The number of fused-ring (bicyclic) bond motifs is 1. The van der Waals surface area contributed by atoms with Gasteiger partial charge in [0.2, 0.25) is 0 Å². The second-order valence-electron chi connectivity index (χ2n) is 4.64. The van der Waals surface area contributed by atoms with E-state index in [0.29, 0.717) is 12.6 Å². The van der Waals surface area contributed by atoms with Crippen LogP contribution >= 0.6 is 0 Å². The first-order valence-corrected chi connectivity index (χ1v) is 5.30. The quantitative estimate of drug-likeness (QED) is 0.604. The molecule has 0 aromatic carbocycles. The molecule has 2 atom stereocenters. The number of aliphatic hydroxyl groups is 1. The monoisotopic (exact) mass is 184 g/mol. The highest BCUT2D eigenvalue weighted by molar-refractivity contribution is 4.98. The minimum Gasteiger partial charge on any atom is -0.396 e. The third kappa shape index (κ3) is 1.60.